The summed E-state index contributed by atoms with van der Waals surface area (Å²) in [6, 6.07) is 17.2. The van der Waals surface area contributed by atoms with Gasteiger partial charge >= 0.3 is 17.1 Å². The summed E-state index contributed by atoms with van der Waals surface area (Å²) in [5.41, 5.74) is 2.49. The number of hydrogen-bond acceptors (Lipinski definition) is 3. The molecule has 0 bridgehead atoms. The minimum Gasteiger partial charge on any atom is -0.420 e. The van der Waals surface area contributed by atoms with Crippen LogP contribution in [0.15, 0.2) is 59.5 Å². The summed E-state index contributed by atoms with van der Waals surface area (Å²) in [5.74, 6) is 0. The Kier molecular flexibility index (Phi) is 11.0. The van der Waals surface area contributed by atoms with Gasteiger partial charge in [-0.25, -0.2) is 0 Å². The quantitative estimate of drug-likeness (QED) is 0.465. The normalized spacial score (nSPS) is 9.48. The van der Waals surface area contributed by atoms with Gasteiger partial charge in [-0.2, -0.15) is 6.42 Å². The molecule has 0 atom stereocenters. The summed E-state index contributed by atoms with van der Waals surface area (Å²) >= 11 is 0. The van der Waals surface area contributed by atoms with E-state index in [9.17, 15) is 8.42 Å². The van der Waals surface area contributed by atoms with Gasteiger partial charge in [-0.15, -0.1) is 0 Å². The van der Waals surface area contributed by atoms with Gasteiger partial charge in [-0.3, -0.25) is 0 Å². The molecule has 0 N–H and O–H groups in total. The third-order valence-electron chi connectivity index (χ3n) is 2.77. The predicted octanol–water partition coefficient (Wildman–Crippen LogP) is 4.50. The molecule has 0 saturated carbocycles. The Morgan fingerprint density at radius 2 is 1.52 bits per heavy atom. The third-order valence-corrected chi connectivity index (χ3v) is 3.43. The molecular weight excluding hydrogens is 323 g/mol. The molecule has 2 nitrogen and oxygen atoms in total. The predicted molar refractivity (Wildman–Crippen MR) is 82.9 cm³/mol. The zero-order valence-electron chi connectivity index (χ0n) is 12.1. The number of hydrogen-bond donors (Lipinski definition) is 0. The van der Waals surface area contributed by atoms with Crippen molar-refractivity contribution in [1.29, 1.82) is 0 Å². The molecule has 1 radical (unpaired) electrons. The molecule has 0 amide bonds. The van der Waals surface area contributed by atoms with E-state index in [1.165, 1.54) is 18.4 Å². The van der Waals surface area contributed by atoms with Gasteiger partial charge in [-0.1, -0.05) is 71.5 Å². The standard InChI is InChI=1S/C10H13.C7H7O2S.Mn/c1-2-3-7-10-8-5-4-6-9-10;1-6-2-4-7(5-3-6)10(8)9;/h4-6,8-9H,1-3,7H2;2-5H,1H3;/q2*-1;+2. The zero-order chi connectivity index (χ0) is 14.8. The van der Waals surface area contributed by atoms with Crippen molar-refractivity contribution >= 4 is 10.7 Å². The zero-order valence-corrected chi connectivity index (χ0v) is 14.1. The molecule has 2 aromatic rings. The molecule has 2 aromatic carbocycles. The van der Waals surface area contributed by atoms with E-state index in [1.54, 1.807) is 24.3 Å². The van der Waals surface area contributed by atoms with E-state index in [4.69, 9.17) is 0 Å². The molecule has 0 fully saturated rings. The molecule has 0 saturated heterocycles. The Balaban J connectivity index is 0.000000364. The van der Waals surface area contributed by atoms with E-state index < -0.39 is 10.7 Å². The van der Waals surface area contributed by atoms with Crippen molar-refractivity contribution < 1.29 is 25.5 Å². The smallest absolute Gasteiger partial charge is 0.420 e. The largest absolute Gasteiger partial charge is 2.00 e. The summed E-state index contributed by atoms with van der Waals surface area (Å²) < 4.78 is 20.6. The van der Waals surface area contributed by atoms with Crippen LogP contribution in [0.2, 0.25) is 0 Å². The fourth-order valence-corrected chi connectivity index (χ4v) is 1.98. The molecule has 0 aromatic heterocycles. The second-order valence-corrected chi connectivity index (χ2v) is 5.43. The summed E-state index contributed by atoms with van der Waals surface area (Å²) in [6.07, 6.45) is 3.41. The van der Waals surface area contributed by atoms with Crippen LogP contribution in [0, 0.1) is 13.8 Å². The molecule has 0 aliphatic carbocycles. The average molecular weight is 343 g/mol. The molecule has 0 unspecified atom stereocenters. The fourth-order valence-electron chi connectivity index (χ4n) is 1.62. The fraction of sp³-hybridized carbons (Fsp3) is 0.235. The number of aryl methyl sites for hydroxylation is 2. The Morgan fingerprint density at radius 1 is 0.952 bits per heavy atom. The van der Waals surface area contributed by atoms with E-state index >= 15 is 0 Å². The molecule has 21 heavy (non-hydrogen) atoms. The van der Waals surface area contributed by atoms with Crippen molar-refractivity contribution in [3.8, 4) is 0 Å². The molecule has 0 heterocycles. The third kappa shape index (κ3) is 8.71. The molecular formula is C17H20MnO2S. The van der Waals surface area contributed by atoms with E-state index in [-0.39, 0.29) is 17.1 Å². The van der Waals surface area contributed by atoms with Gasteiger partial charge < -0.3 is 15.3 Å². The molecule has 0 spiro atoms. The SMILES string of the molecule is Cc1ccc([S-](=O)=O)cc1.[CH2-]CCCc1ccccc1.[Mn+2]. The Morgan fingerprint density at radius 3 is 2.00 bits per heavy atom. The van der Waals surface area contributed by atoms with Crippen molar-refractivity contribution in [1.82, 2.24) is 0 Å². The summed E-state index contributed by atoms with van der Waals surface area (Å²) in [7, 11) is -2.09. The average Bonchev–Trinajstić information content (AvgIpc) is 2.47. The maximum atomic E-state index is 10.3. The van der Waals surface area contributed by atoms with E-state index in [0.717, 1.165) is 12.0 Å². The Bertz CT molecular complexity index is 555. The first-order valence-electron chi connectivity index (χ1n) is 6.62. The second-order valence-electron chi connectivity index (χ2n) is 4.49. The van der Waals surface area contributed by atoms with Crippen LogP contribution in [0.1, 0.15) is 24.0 Å². The molecule has 113 valence electrons. The minimum atomic E-state index is -2.09. The number of unbranched alkanes of at least 4 members (excludes halogenated alkanes) is 1. The summed E-state index contributed by atoms with van der Waals surface area (Å²) in [5, 5.41) is 0. The van der Waals surface area contributed by atoms with Crippen LogP contribution in [0.4, 0.5) is 0 Å². The van der Waals surface area contributed by atoms with Crippen LogP contribution < -0.4 is 0 Å². The van der Waals surface area contributed by atoms with Crippen LogP contribution in [0.3, 0.4) is 0 Å². The van der Waals surface area contributed by atoms with Gasteiger partial charge in [0.2, 0.25) is 0 Å². The van der Waals surface area contributed by atoms with E-state index in [1.807, 2.05) is 13.0 Å². The molecule has 0 aliphatic heterocycles. The van der Waals surface area contributed by atoms with Crippen LogP contribution in [-0.4, -0.2) is 0 Å². The van der Waals surface area contributed by atoms with Crippen LogP contribution in [-0.2, 0) is 42.6 Å². The number of benzene rings is 2. The molecule has 4 heteroatoms. The minimum absolute atomic E-state index is 0. The summed E-state index contributed by atoms with van der Waals surface area (Å²) in [6.45, 7) is 5.71. The van der Waals surface area contributed by atoms with Gasteiger partial charge in [-0.05, 0) is 29.6 Å². The molecule has 2 rings (SSSR count). The van der Waals surface area contributed by atoms with Gasteiger partial charge in [0.1, 0.15) is 0 Å². The van der Waals surface area contributed by atoms with Gasteiger partial charge in [0, 0.05) is 0 Å². The topological polar surface area (TPSA) is 34.1 Å². The van der Waals surface area contributed by atoms with Crippen LogP contribution in [0.5, 0.6) is 0 Å². The Labute approximate surface area is 140 Å². The first-order valence-corrected chi connectivity index (χ1v) is 7.70. The first kappa shape index (κ1) is 19.9. The number of rotatable bonds is 4. The van der Waals surface area contributed by atoms with Crippen LogP contribution in [0.25, 0.3) is 0 Å². The first-order chi connectivity index (χ1) is 9.63. The Hall–Kier alpha value is -1.09. The van der Waals surface area contributed by atoms with Gasteiger partial charge in [0.05, 0.1) is 0 Å². The van der Waals surface area contributed by atoms with Crippen molar-refractivity contribution in [2.24, 2.45) is 0 Å². The van der Waals surface area contributed by atoms with Crippen molar-refractivity contribution in [2.75, 3.05) is 0 Å². The van der Waals surface area contributed by atoms with Gasteiger partial charge in [0.25, 0.3) is 0 Å². The van der Waals surface area contributed by atoms with Crippen molar-refractivity contribution in [3.63, 3.8) is 0 Å². The maximum Gasteiger partial charge on any atom is 2.00 e. The maximum absolute atomic E-state index is 10.3. The second kappa shape index (κ2) is 11.6. The summed E-state index contributed by atoms with van der Waals surface area (Å²) in [4.78, 5) is 0.339. The van der Waals surface area contributed by atoms with Gasteiger partial charge in [0.15, 0.2) is 0 Å². The monoisotopic (exact) mass is 343 g/mol. The van der Waals surface area contributed by atoms with Crippen molar-refractivity contribution in [3.05, 3.63) is 72.6 Å². The van der Waals surface area contributed by atoms with Crippen LogP contribution >= 0.6 is 0 Å². The van der Waals surface area contributed by atoms with E-state index in [0.29, 0.717) is 4.90 Å². The van der Waals surface area contributed by atoms with E-state index in [2.05, 4.69) is 31.2 Å². The van der Waals surface area contributed by atoms with Crippen molar-refractivity contribution in [2.45, 2.75) is 31.1 Å². The molecule has 0 aliphatic rings.